The molecule has 1 atom stereocenters. The highest BCUT2D eigenvalue weighted by atomic mass is 32.1. The van der Waals surface area contributed by atoms with Gasteiger partial charge in [-0.1, -0.05) is 32.3 Å². The molecule has 0 saturated carbocycles. The zero-order chi connectivity index (χ0) is 24.8. The number of phosphoric acid groups is 1. The predicted molar refractivity (Wildman–Crippen MR) is 136 cm³/mol. The number of benzene rings is 2. The van der Waals surface area contributed by atoms with E-state index in [1.807, 2.05) is 30.3 Å². The van der Waals surface area contributed by atoms with Gasteiger partial charge in [0.05, 0.1) is 25.4 Å². The van der Waals surface area contributed by atoms with Crippen LogP contribution in [0.4, 0.5) is 0 Å². The third-order valence-electron chi connectivity index (χ3n) is 5.72. The normalized spacial score (nSPS) is 13.9. The van der Waals surface area contributed by atoms with Crippen molar-refractivity contribution in [2.24, 2.45) is 5.73 Å². The van der Waals surface area contributed by atoms with Crippen LogP contribution in [-0.2, 0) is 15.5 Å². The summed E-state index contributed by atoms with van der Waals surface area (Å²) >= 11 is 1.51. The van der Waals surface area contributed by atoms with Gasteiger partial charge in [0.2, 0.25) is 0 Å². The van der Waals surface area contributed by atoms with Gasteiger partial charge in [-0.3, -0.25) is 9.32 Å². The molecular formula is C24H32NO7PS. The van der Waals surface area contributed by atoms with Crippen molar-refractivity contribution in [2.75, 3.05) is 19.8 Å². The number of aryl methyl sites for hydroxylation is 1. The Labute approximate surface area is 202 Å². The van der Waals surface area contributed by atoms with Gasteiger partial charge in [-0.2, -0.15) is 0 Å². The molecule has 186 valence electrons. The summed E-state index contributed by atoms with van der Waals surface area (Å²) in [6.07, 6.45) is 5.18. The van der Waals surface area contributed by atoms with Crippen LogP contribution in [0.5, 0.6) is 5.75 Å². The quantitative estimate of drug-likeness (QED) is 0.153. The number of hydrogen-bond acceptors (Lipinski definition) is 7. The van der Waals surface area contributed by atoms with Crippen LogP contribution in [-0.4, -0.2) is 40.3 Å². The molecule has 1 unspecified atom stereocenters. The molecule has 5 N–H and O–H groups in total. The summed E-state index contributed by atoms with van der Waals surface area (Å²) in [5, 5.41) is 10.9. The summed E-state index contributed by atoms with van der Waals surface area (Å²) in [6.45, 7) is 1.86. The molecule has 3 aromatic rings. The first-order valence-corrected chi connectivity index (χ1v) is 13.7. The number of aliphatic hydroxyl groups is 1. The Hall–Kier alpha value is -1.84. The van der Waals surface area contributed by atoms with Crippen molar-refractivity contribution in [3.63, 3.8) is 0 Å². The third kappa shape index (κ3) is 7.33. The summed E-state index contributed by atoms with van der Waals surface area (Å²) in [7, 11) is -4.68. The Balaban J connectivity index is 1.78. The van der Waals surface area contributed by atoms with Crippen LogP contribution < -0.4 is 15.9 Å². The van der Waals surface area contributed by atoms with Crippen LogP contribution >= 0.6 is 19.2 Å². The van der Waals surface area contributed by atoms with Crippen molar-refractivity contribution in [3.8, 4) is 5.75 Å². The standard InChI is InChI=1S/C24H32NO7PS/c1-2-3-4-5-12-31-18-7-9-20-22(14-18)34-21-13-17(6-8-19(21)23(20)27)10-11-24(25,15-26)16-32-33(28,29)30/h6-9,13-14,26H,2-5,10-12,15-16,25H2,1H3,(H2,28,29,30). The average molecular weight is 510 g/mol. The van der Waals surface area contributed by atoms with Crippen LogP contribution in [0, 0.1) is 0 Å². The fourth-order valence-electron chi connectivity index (χ4n) is 3.64. The first-order chi connectivity index (χ1) is 16.1. The second-order valence-electron chi connectivity index (χ2n) is 8.61. The Morgan fingerprint density at radius 2 is 1.76 bits per heavy atom. The van der Waals surface area contributed by atoms with Gasteiger partial charge in [0, 0.05) is 20.2 Å². The third-order valence-corrected chi connectivity index (χ3v) is 7.30. The van der Waals surface area contributed by atoms with Crippen LogP contribution in [0.25, 0.3) is 20.2 Å². The molecule has 0 aliphatic carbocycles. The molecule has 8 nitrogen and oxygen atoms in total. The Bertz CT molecular complexity index is 1230. The van der Waals surface area contributed by atoms with Crippen LogP contribution in [0.3, 0.4) is 0 Å². The lowest BCUT2D eigenvalue weighted by molar-refractivity contribution is 0.102. The van der Waals surface area contributed by atoms with Crippen molar-refractivity contribution in [1.29, 1.82) is 0 Å². The monoisotopic (exact) mass is 509 g/mol. The first-order valence-electron chi connectivity index (χ1n) is 11.4. The molecule has 3 rings (SSSR count). The van der Waals surface area contributed by atoms with Crippen molar-refractivity contribution in [2.45, 2.75) is 51.0 Å². The molecule has 34 heavy (non-hydrogen) atoms. The van der Waals surface area contributed by atoms with Gasteiger partial charge in [0.15, 0.2) is 5.43 Å². The minimum absolute atomic E-state index is 0.0385. The topological polar surface area (TPSA) is 139 Å². The molecule has 0 bridgehead atoms. The number of rotatable bonds is 13. The fraction of sp³-hybridized carbons (Fsp3) is 0.458. The number of ether oxygens (including phenoxy) is 1. The van der Waals surface area contributed by atoms with E-state index in [0.29, 0.717) is 23.8 Å². The molecule has 2 aromatic carbocycles. The Morgan fingerprint density at radius 3 is 2.44 bits per heavy atom. The summed E-state index contributed by atoms with van der Waals surface area (Å²) in [4.78, 5) is 30.8. The number of hydrogen-bond donors (Lipinski definition) is 4. The lowest BCUT2D eigenvalue weighted by atomic mass is 9.94. The van der Waals surface area contributed by atoms with Crippen molar-refractivity contribution in [1.82, 2.24) is 0 Å². The first kappa shape index (κ1) is 26.8. The van der Waals surface area contributed by atoms with E-state index >= 15 is 0 Å². The van der Waals surface area contributed by atoms with Gasteiger partial charge in [0.25, 0.3) is 0 Å². The van der Waals surface area contributed by atoms with Crippen molar-refractivity contribution >= 4 is 39.3 Å². The van der Waals surface area contributed by atoms with Crippen molar-refractivity contribution < 1.29 is 28.7 Å². The number of aliphatic hydroxyl groups excluding tert-OH is 1. The molecule has 0 fully saturated rings. The van der Waals surface area contributed by atoms with E-state index in [2.05, 4.69) is 11.4 Å². The SMILES string of the molecule is CCCCCCOc1ccc2c(=O)c3ccc(CCC(N)(CO)COP(=O)(O)O)cc3sc2c1. The summed E-state index contributed by atoms with van der Waals surface area (Å²) in [5.41, 5.74) is 5.63. The van der Waals surface area contributed by atoms with Gasteiger partial charge < -0.3 is 25.4 Å². The maximum absolute atomic E-state index is 13.0. The molecule has 0 spiro atoms. The molecule has 0 saturated heterocycles. The molecule has 0 aliphatic heterocycles. The smallest absolute Gasteiger partial charge is 0.469 e. The highest BCUT2D eigenvalue weighted by molar-refractivity contribution is 7.46. The minimum Gasteiger partial charge on any atom is -0.494 e. The lowest BCUT2D eigenvalue weighted by Crippen LogP contribution is -2.48. The van der Waals surface area contributed by atoms with E-state index in [1.165, 1.54) is 24.2 Å². The molecular weight excluding hydrogens is 477 g/mol. The molecule has 1 aromatic heterocycles. The number of fused-ring (bicyclic) bond motifs is 2. The van der Waals surface area contributed by atoms with Crippen LogP contribution in [0.1, 0.15) is 44.6 Å². The van der Waals surface area contributed by atoms with Crippen molar-refractivity contribution in [3.05, 3.63) is 52.2 Å². The van der Waals surface area contributed by atoms with Crippen LogP contribution in [0.2, 0.25) is 0 Å². The molecule has 0 aliphatic rings. The van der Waals surface area contributed by atoms with E-state index < -0.39 is 26.6 Å². The van der Waals surface area contributed by atoms with Gasteiger partial charge in [-0.05, 0) is 55.2 Å². The van der Waals surface area contributed by atoms with Gasteiger partial charge in [-0.15, -0.1) is 11.3 Å². The molecule has 0 amide bonds. The van der Waals surface area contributed by atoms with E-state index in [1.54, 1.807) is 6.07 Å². The Morgan fingerprint density at radius 1 is 1.06 bits per heavy atom. The molecule has 0 radical (unpaired) electrons. The maximum Gasteiger partial charge on any atom is 0.469 e. The second-order valence-corrected chi connectivity index (χ2v) is 10.9. The summed E-state index contributed by atoms with van der Waals surface area (Å²) in [6, 6.07) is 11.1. The average Bonchev–Trinajstić information content (AvgIpc) is 2.81. The number of unbranched alkanes of at least 4 members (excludes halogenated alkanes) is 3. The molecule has 1 heterocycles. The predicted octanol–water partition coefficient (Wildman–Crippen LogP) is 4.11. The van der Waals surface area contributed by atoms with Crippen LogP contribution in [0.15, 0.2) is 41.2 Å². The Kier molecular flexibility index (Phi) is 9.23. The van der Waals surface area contributed by atoms with E-state index in [9.17, 15) is 14.5 Å². The lowest BCUT2D eigenvalue weighted by Gasteiger charge is -2.27. The summed E-state index contributed by atoms with van der Waals surface area (Å²) in [5.74, 6) is 0.746. The van der Waals surface area contributed by atoms with E-state index in [4.69, 9.17) is 20.3 Å². The summed E-state index contributed by atoms with van der Waals surface area (Å²) < 4.78 is 23.0. The zero-order valence-corrected chi connectivity index (χ0v) is 20.9. The fourth-order valence-corrected chi connectivity index (χ4v) is 5.23. The maximum atomic E-state index is 13.0. The number of phosphoric ester groups is 1. The highest BCUT2D eigenvalue weighted by Crippen LogP contribution is 2.37. The second kappa shape index (κ2) is 11.7. The van der Waals surface area contributed by atoms with Gasteiger partial charge >= 0.3 is 7.82 Å². The van der Waals surface area contributed by atoms with Gasteiger partial charge in [0.1, 0.15) is 5.75 Å². The number of nitrogens with two attached hydrogens (primary N) is 1. The largest absolute Gasteiger partial charge is 0.494 e. The van der Waals surface area contributed by atoms with E-state index in [-0.39, 0.29) is 11.8 Å². The molecule has 10 heteroatoms. The highest BCUT2D eigenvalue weighted by Gasteiger charge is 2.28. The minimum atomic E-state index is -4.68. The van der Waals surface area contributed by atoms with Gasteiger partial charge in [-0.25, -0.2) is 4.57 Å². The zero-order valence-electron chi connectivity index (χ0n) is 19.2. The van der Waals surface area contributed by atoms with E-state index in [0.717, 1.165) is 33.6 Å².